The number of para-hydroxylation sites is 1. The van der Waals surface area contributed by atoms with Gasteiger partial charge in [0.05, 0.1) is 15.8 Å². The third-order valence-corrected chi connectivity index (χ3v) is 7.44. The molecule has 1 amide bonds. The molecule has 0 bridgehead atoms. The van der Waals surface area contributed by atoms with E-state index in [0.29, 0.717) is 43.4 Å². The van der Waals surface area contributed by atoms with Crippen molar-refractivity contribution < 1.29 is 14.3 Å². The first-order valence-electron chi connectivity index (χ1n) is 11.2. The summed E-state index contributed by atoms with van der Waals surface area (Å²) in [6.07, 6.45) is 1.63. The largest absolute Gasteiger partial charge is 0.507 e. The number of hydrogen-bond acceptors (Lipinski definition) is 6. The Bertz CT molecular complexity index is 1730. The van der Waals surface area contributed by atoms with Gasteiger partial charge in [-0.2, -0.15) is 0 Å². The minimum absolute atomic E-state index is 0.0525. The minimum Gasteiger partial charge on any atom is -0.507 e. The molecule has 3 heterocycles. The van der Waals surface area contributed by atoms with Crippen LogP contribution in [0.15, 0.2) is 84.5 Å². The van der Waals surface area contributed by atoms with E-state index in [1.165, 1.54) is 15.9 Å². The van der Waals surface area contributed by atoms with Crippen molar-refractivity contribution in [2.24, 2.45) is 4.99 Å². The molecule has 2 N–H and O–H groups in total. The normalized spacial score (nSPS) is 15.6. The van der Waals surface area contributed by atoms with E-state index in [1.54, 1.807) is 43.3 Å². The zero-order valence-corrected chi connectivity index (χ0v) is 22.1. The van der Waals surface area contributed by atoms with E-state index in [0.717, 1.165) is 10.0 Å². The highest BCUT2D eigenvalue weighted by atomic mass is 79.9. The molecule has 182 valence electrons. The number of hydrogen-bond donors (Lipinski definition) is 2. The molecule has 0 saturated heterocycles. The number of allylic oxidation sites excluding steroid dienone is 1. The van der Waals surface area contributed by atoms with Crippen LogP contribution >= 0.6 is 27.3 Å². The maximum absolute atomic E-state index is 13.7. The van der Waals surface area contributed by atoms with Crippen LogP contribution < -0.4 is 20.2 Å². The van der Waals surface area contributed by atoms with Crippen LogP contribution in [0.4, 0.5) is 5.69 Å². The minimum atomic E-state index is -0.794. The Morgan fingerprint density at radius 2 is 1.94 bits per heavy atom. The topological polar surface area (TPSA) is 96.8 Å². The number of aryl methyl sites for hydroxylation is 2. The van der Waals surface area contributed by atoms with Crippen LogP contribution in [-0.2, 0) is 4.79 Å². The number of benzene rings is 2. The molecular formula is C27H22BrN3O4S. The standard InChI is InChI=1S/C27H22BrN3O4S/c1-14-6-4-5-7-19(14)30-25(33)23-16(3)29-27-31(24(23)21-11-8-15(2)35-21)26(34)22(36-27)13-17-12-18(28)9-10-20(17)32/h4-13,24,32H,1-3H3,(H,30,33). The van der Waals surface area contributed by atoms with Crippen LogP contribution in [0.3, 0.4) is 0 Å². The molecule has 0 spiro atoms. The monoisotopic (exact) mass is 563 g/mol. The number of amides is 1. The number of aromatic hydroxyl groups is 1. The van der Waals surface area contributed by atoms with Gasteiger partial charge in [0, 0.05) is 15.7 Å². The number of aromatic nitrogens is 1. The number of anilines is 1. The number of furan rings is 1. The van der Waals surface area contributed by atoms with Gasteiger partial charge < -0.3 is 14.8 Å². The molecule has 2 aromatic heterocycles. The number of fused-ring (bicyclic) bond motifs is 1. The SMILES string of the molecule is CC1=C(C(=O)Nc2ccccc2C)C(c2ccc(C)o2)n2c(sc(=Cc3cc(Br)ccc3O)c2=O)=N1. The van der Waals surface area contributed by atoms with Gasteiger partial charge in [0.2, 0.25) is 0 Å². The predicted octanol–water partition coefficient (Wildman–Crippen LogP) is 4.55. The Balaban J connectivity index is 1.68. The Labute approximate surface area is 218 Å². The summed E-state index contributed by atoms with van der Waals surface area (Å²) >= 11 is 4.59. The molecule has 9 heteroatoms. The Morgan fingerprint density at radius 3 is 2.67 bits per heavy atom. The summed E-state index contributed by atoms with van der Waals surface area (Å²) in [5, 5.41) is 13.3. The molecule has 1 aliphatic rings. The second kappa shape index (κ2) is 9.40. The zero-order chi connectivity index (χ0) is 25.6. The van der Waals surface area contributed by atoms with E-state index in [9.17, 15) is 14.7 Å². The maximum atomic E-state index is 13.7. The molecule has 36 heavy (non-hydrogen) atoms. The number of thiazole rings is 1. The second-order valence-corrected chi connectivity index (χ2v) is 10.4. The van der Waals surface area contributed by atoms with Crippen LogP contribution in [-0.4, -0.2) is 15.6 Å². The fourth-order valence-corrected chi connectivity index (χ4v) is 5.58. The Hall–Kier alpha value is -3.69. The van der Waals surface area contributed by atoms with E-state index in [4.69, 9.17) is 4.42 Å². The van der Waals surface area contributed by atoms with Crippen molar-refractivity contribution in [1.29, 1.82) is 0 Å². The van der Waals surface area contributed by atoms with Crippen LogP contribution in [0, 0.1) is 13.8 Å². The lowest BCUT2D eigenvalue weighted by molar-refractivity contribution is -0.113. The molecule has 1 unspecified atom stereocenters. The van der Waals surface area contributed by atoms with Crippen molar-refractivity contribution in [2.75, 3.05) is 5.32 Å². The molecular weight excluding hydrogens is 542 g/mol. The number of carbonyl (C=O) groups is 1. The number of carbonyl (C=O) groups excluding carboxylic acids is 1. The first-order valence-corrected chi connectivity index (χ1v) is 12.8. The Morgan fingerprint density at radius 1 is 1.17 bits per heavy atom. The lowest BCUT2D eigenvalue weighted by atomic mass is 10.00. The van der Waals surface area contributed by atoms with Gasteiger partial charge in [0.25, 0.3) is 11.5 Å². The number of phenolic OH excluding ortho intramolecular Hbond substituents is 1. The second-order valence-electron chi connectivity index (χ2n) is 8.50. The average Bonchev–Trinajstić information content (AvgIpc) is 3.39. The lowest BCUT2D eigenvalue weighted by Gasteiger charge is -2.23. The van der Waals surface area contributed by atoms with Gasteiger partial charge in [-0.15, -0.1) is 0 Å². The van der Waals surface area contributed by atoms with Gasteiger partial charge in [-0.05, 0) is 68.8 Å². The quantitative estimate of drug-likeness (QED) is 0.380. The molecule has 2 aromatic carbocycles. The van der Waals surface area contributed by atoms with Crippen LogP contribution in [0.1, 0.15) is 35.6 Å². The lowest BCUT2D eigenvalue weighted by Crippen LogP contribution is -2.40. The smallest absolute Gasteiger partial charge is 0.271 e. The van der Waals surface area contributed by atoms with Gasteiger partial charge in [0.15, 0.2) is 4.80 Å². The highest BCUT2D eigenvalue weighted by Crippen LogP contribution is 2.32. The van der Waals surface area contributed by atoms with E-state index >= 15 is 0 Å². The summed E-state index contributed by atoms with van der Waals surface area (Å²) in [7, 11) is 0. The number of halogens is 1. The number of nitrogens with one attached hydrogen (secondary N) is 1. The van der Waals surface area contributed by atoms with Crippen molar-refractivity contribution in [3.05, 3.63) is 113 Å². The van der Waals surface area contributed by atoms with Crippen molar-refractivity contribution >= 4 is 44.9 Å². The van der Waals surface area contributed by atoms with Gasteiger partial charge >= 0.3 is 0 Å². The number of nitrogens with zero attached hydrogens (tertiary/aromatic N) is 2. The van der Waals surface area contributed by atoms with Crippen LogP contribution in [0.25, 0.3) is 6.08 Å². The third-order valence-electron chi connectivity index (χ3n) is 5.97. The van der Waals surface area contributed by atoms with E-state index in [1.807, 2.05) is 38.1 Å². The van der Waals surface area contributed by atoms with Crippen LogP contribution in [0.5, 0.6) is 5.75 Å². The maximum Gasteiger partial charge on any atom is 0.271 e. The van der Waals surface area contributed by atoms with Gasteiger partial charge in [-0.25, -0.2) is 4.99 Å². The summed E-state index contributed by atoms with van der Waals surface area (Å²) in [5.74, 6) is 0.828. The highest BCUT2D eigenvalue weighted by molar-refractivity contribution is 9.10. The van der Waals surface area contributed by atoms with E-state index in [2.05, 4.69) is 26.2 Å². The summed E-state index contributed by atoms with van der Waals surface area (Å²) < 4.78 is 8.57. The molecule has 1 atom stereocenters. The fourth-order valence-electron chi connectivity index (χ4n) is 4.17. The van der Waals surface area contributed by atoms with Gasteiger partial charge in [0.1, 0.15) is 23.3 Å². The predicted molar refractivity (Wildman–Crippen MR) is 143 cm³/mol. The van der Waals surface area contributed by atoms with E-state index < -0.39 is 6.04 Å². The number of rotatable bonds is 4. The summed E-state index contributed by atoms with van der Waals surface area (Å²) in [6.45, 7) is 5.48. The fraction of sp³-hybridized carbons (Fsp3) is 0.148. The molecule has 0 radical (unpaired) electrons. The van der Waals surface area contributed by atoms with Crippen molar-refractivity contribution in [3.8, 4) is 5.75 Å². The van der Waals surface area contributed by atoms with Crippen molar-refractivity contribution in [1.82, 2.24) is 4.57 Å². The highest BCUT2D eigenvalue weighted by Gasteiger charge is 2.34. The molecule has 4 aromatic rings. The van der Waals surface area contributed by atoms with Crippen LogP contribution in [0.2, 0.25) is 0 Å². The van der Waals surface area contributed by atoms with Crippen molar-refractivity contribution in [2.45, 2.75) is 26.8 Å². The zero-order valence-electron chi connectivity index (χ0n) is 19.7. The average molecular weight is 564 g/mol. The van der Waals surface area contributed by atoms with Crippen molar-refractivity contribution in [3.63, 3.8) is 0 Å². The summed E-state index contributed by atoms with van der Waals surface area (Å²) in [6, 6.07) is 15.3. The first kappa shape index (κ1) is 24.0. The summed E-state index contributed by atoms with van der Waals surface area (Å²) in [5.41, 5.74) is 2.59. The summed E-state index contributed by atoms with van der Waals surface area (Å²) in [4.78, 5) is 32.4. The Kier molecular flexibility index (Phi) is 6.27. The van der Waals surface area contributed by atoms with Gasteiger partial charge in [-0.3, -0.25) is 14.2 Å². The number of phenols is 1. The molecule has 7 nitrogen and oxygen atoms in total. The molecule has 0 aliphatic carbocycles. The molecule has 1 aliphatic heterocycles. The molecule has 0 saturated carbocycles. The molecule has 5 rings (SSSR count). The van der Waals surface area contributed by atoms with Gasteiger partial charge in [-0.1, -0.05) is 45.5 Å². The first-order chi connectivity index (χ1) is 17.2. The third kappa shape index (κ3) is 4.36. The molecule has 0 fully saturated rings. The van der Waals surface area contributed by atoms with E-state index in [-0.39, 0.29) is 17.2 Å².